The number of primary amides is 1. The topological polar surface area (TPSA) is 113 Å². The van der Waals surface area contributed by atoms with Crippen molar-refractivity contribution in [3.05, 3.63) is 35.1 Å². The van der Waals surface area contributed by atoms with Gasteiger partial charge in [-0.05, 0) is 49.4 Å². The molecule has 1 aromatic carbocycles. The molecule has 9 nitrogen and oxygen atoms in total. The smallest absolute Gasteiger partial charge is 0.414 e. The van der Waals surface area contributed by atoms with Gasteiger partial charge in [-0.15, -0.1) is 5.10 Å². The number of nitrogens with two attached hydrogens (primary N) is 1. The van der Waals surface area contributed by atoms with Gasteiger partial charge in [-0.3, -0.25) is 4.79 Å². The summed E-state index contributed by atoms with van der Waals surface area (Å²) in [7, 11) is 0. The van der Waals surface area contributed by atoms with E-state index in [9.17, 15) is 9.59 Å². The van der Waals surface area contributed by atoms with Crippen LogP contribution in [0.4, 0.5) is 4.79 Å². The third-order valence-electron chi connectivity index (χ3n) is 5.19. The van der Waals surface area contributed by atoms with Gasteiger partial charge in [0, 0.05) is 22.9 Å². The maximum Gasteiger partial charge on any atom is 0.517 e. The van der Waals surface area contributed by atoms with E-state index in [1.807, 2.05) is 6.92 Å². The molecular formula is C19H26ClN6O3+. The molecule has 0 radical (unpaired) electrons. The molecule has 1 aliphatic heterocycles. The molecule has 2 heterocycles. The van der Waals surface area contributed by atoms with Crippen LogP contribution >= 0.6 is 11.6 Å². The fourth-order valence-electron chi connectivity index (χ4n) is 4.02. The van der Waals surface area contributed by atoms with Crippen molar-refractivity contribution in [3.8, 4) is 5.69 Å². The second-order valence-electron chi connectivity index (χ2n) is 8.54. The number of hydrogen-bond acceptors (Lipinski definition) is 6. The van der Waals surface area contributed by atoms with E-state index in [1.165, 1.54) is 11.0 Å². The van der Waals surface area contributed by atoms with Crippen molar-refractivity contribution in [2.75, 3.05) is 6.54 Å². The highest BCUT2D eigenvalue weighted by Gasteiger charge is 2.57. The molecular weight excluding hydrogens is 396 g/mol. The monoisotopic (exact) mass is 421 g/mol. The Labute approximate surface area is 174 Å². The Hall–Kier alpha value is -2.52. The maximum atomic E-state index is 13.4. The molecule has 3 atom stereocenters. The van der Waals surface area contributed by atoms with Crippen LogP contribution in [0.15, 0.2) is 24.5 Å². The first kappa shape index (κ1) is 21.2. The molecule has 3 rings (SSSR count). The Morgan fingerprint density at radius 3 is 2.69 bits per heavy atom. The Morgan fingerprint density at radius 1 is 1.38 bits per heavy atom. The number of likely N-dealkylation sites (tertiary alicyclic amines) is 1. The number of carbonyl (C=O) groups excluding carboxylic acids is 2. The minimum Gasteiger partial charge on any atom is -0.414 e. The van der Waals surface area contributed by atoms with Gasteiger partial charge >= 0.3 is 6.09 Å². The number of quaternary nitrogens is 1. The van der Waals surface area contributed by atoms with Crippen LogP contribution in [0, 0.1) is 5.92 Å². The summed E-state index contributed by atoms with van der Waals surface area (Å²) < 4.78 is 7.01. The summed E-state index contributed by atoms with van der Waals surface area (Å²) in [4.78, 5) is 25.8. The zero-order valence-electron chi connectivity index (χ0n) is 17.0. The average molecular weight is 422 g/mol. The second-order valence-corrected chi connectivity index (χ2v) is 8.97. The van der Waals surface area contributed by atoms with Crippen molar-refractivity contribution in [3.63, 3.8) is 0 Å². The van der Waals surface area contributed by atoms with Crippen LogP contribution in [0.2, 0.25) is 5.02 Å². The number of aromatic nitrogens is 4. The highest BCUT2D eigenvalue weighted by molar-refractivity contribution is 6.30. The molecule has 0 spiro atoms. The Morgan fingerprint density at radius 2 is 2.10 bits per heavy atom. The van der Waals surface area contributed by atoms with Crippen LogP contribution < -0.4 is 5.73 Å². The Balaban J connectivity index is 2.11. The first-order valence-corrected chi connectivity index (χ1v) is 9.83. The van der Waals surface area contributed by atoms with Crippen LogP contribution in [0.1, 0.15) is 39.7 Å². The predicted molar refractivity (Wildman–Crippen MR) is 106 cm³/mol. The average Bonchev–Trinajstić information content (AvgIpc) is 3.22. The van der Waals surface area contributed by atoms with Gasteiger partial charge in [0.15, 0.2) is 6.04 Å². The highest BCUT2D eigenvalue weighted by atomic mass is 35.5. The molecule has 2 unspecified atom stereocenters. The second kappa shape index (κ2) is 7.72. The van der Waals surface area contributed by atoms with Crippen molar-refractivity contribution in [1.29, 1.82) is 0 Å². The molecule has 10 heteroatoms. The lowest BCUT2D eigenvalue weighted by molar-refractivity contribution is -0.876. The summed E-state index contributed by atoms with van der Waals surface area (Å²) in [6.45, 7) is 7.94. The van der Waals surface area contributed by atoms with Crippen molar-refractivity contribution in [1.82, 2.24) is 20.2 Å². The SMILES string of the molecule is CC1CC[N+](Cc2cc(Cl)ccc2-n2cnnn2)(C(=O)OC(C)(C)C)[C@@H]1C(N)=O. The molecule has 2 amide bonds. The van der Waals surface area contributed by atoms with Crippen LogP contribution in [0.3, 0.4) is 0 Å². The van der Waals surface area contributed by atoms with E-state index < -0.39 is 23.6 Å². The molecule has 1 saturated heterocycles. The lowest BCUT2D eigenvalue weighted by atomic mass is 10.0. The van der Waals surface area contributed by atoms with Gasteiger partial charge in [0.05, 0.1) is 12.2 Å². The molecule has 1 fully saturated rings. The van der Waals surface area contributed by atoms with E-state index >= 15 is 0 Å². The van der Waals surface area contributed by atoms with E-state index in [0.29, 0.717) is 23.7 Å². The van der Waals surface area contributed by atoms with Crippen molar-refractivity contribution < 1.29 is 18.8 Å². The third kappa shape index (κ3) is 4.25. The molecule has 1 aliphatic rings. The van der Waals surface area contributed by atoms with Crippen molar-refractivity contribution in [2.45, 2.75) is 52.3 Å². The number of amides is 2. The minimum absolute atomic E-state index is 0.0595. The molecule has 2 N–H and O–H groups in total. The molecule has 0 bridgehead atoms. The molecule has 29 heavy (non-hydrogen) atoms. The summed E-state index contributed by atoms with van der Waals surface area (Å²) in [5.41, 5.74) is 6.44. The van der Waals surface area contributed by atoms with Gasteiger partial charge < -0.3 is 10.5 Å². The number of benzene rings is 1. The third-order valence-corrected chi connectivity index (χ3v) is 5.43. The van der Waals surface area contributed by atoms with Crippen molar-refractivity contribution in [2.24, 2.45) is 11.7 Å². The number of tetrazole rings is 1. The Bertz CT molecular complexity index is 911. The van der Waals surface area contributed by atoms with Gasteiger partial charge in [-0.1, -0.05) is 18.5 Å². The summed E-state index contributed by atoms with van der Waals surface area (Å²) in [5.74, 6) is -0.581. The summed E-state index contributed by atoms with van der Waals surface area (Å²) in [5, 5.41) is 11.8. The minimum atomic E-state index is -0.705. The van der Waals surface area contributed by atoms with Gasteiger partial charge in [0.2, 0.25) is 0 Å². The van der Waals surface area contributed by atoms with Gasteiger partial charge in [0.25, 0.3) is 5.91 Å². The lowest BCUT2D eigenvalue weighted by Crippen LogP contribution is -2.62. The van der Waals surface area contributed by atoms with Crippen LogP contribution in [0.25, 0.3) is 5.69 Å². The number of nitrogens with zero attached hydrogens (tertiary/aromatic N) is 5. The van der Waals surface area contributed by atoms with Crippen LogP contribution in [-0.2, 0) is 16.1 Å². The zero-order chi connectivity index (χ0) is 21.4. The maximum absolute atomic E-state index is 13.4. The quantitative estimate of drug-likeness (QED) is 0.758. The number of hydrogen-bond donors (Lipinski definition) is 1. The molecule has 1 aromatic heterocycles. The highest BCUT2D eigenvalue weighted by Crippen LogP contribution is 2.37. The lowest BCUT2D eigenvalue weighted by Gasteiger charge is -2.37. The summed E-state index contributed by atoms with van der Waals surface area (Å²) in [6, 6.07) is 4.55. The molecule has 0 aliphatic carbocycles. The van der Waals surface area contributed by atoms with E-state index in [0.717, 1.165) is 5.56 Å². The van der Waals surface area contributed by atoms with Gasteiger partial charge in [-0.25, -0.2) is 9.16 Å². The van der Waals surface area contributed by atoms with Crippen LogP contribution in [-0.4, -0.2) is 54.9 Å². The van der Waals surface area contributed by atoms with Crippen molar-refractivity contribution >= 4 is 23.6 Å². The molecule has 156 valence electrons. The van der Waals surface area contributed by atoms with Gasteiger partial charge in [-0.2, -0.15) is 4.79 Å². The molecule has 0 saturated carbocycles. The van der Waals surface area contributed by atoms with Gasteiger partial charge in [0.1, 0.15) is 18.5 Å². The van der Waals surface area contributed by atoms with E-state index in [-0.39, 0.29) is 16.9 Å². The van der Waals surface area contributed by atoms with E-state index in [4.69, 9.17) is 22.1 Å². The molecule has 2 aromatic rings. The summed E-state index contributed by atoms with van der Waals surface area (Å²) >= 11 is 6.25. The Kier molecular flexibility index (Phi) is 5.64. The predicted octanol–water partition coefficient (Wildman–Crippen LogP) is 2.46. The number of carbonyl (C=O) groups is 2. The standard InChI is InChI=1S/C19H25ClN6O3/c1-12-7-8-26(16(12)17(21)27,18(28)29-19(2,3)4)10-13-9-14(20)5-6-15(13)25-11-22-23-24-25/h5-6,9,11-12,16H,7-8,10H2,1-4H3,(H-,21,27)/p+1/t12?,16-,26?/m0/s1. The van der Waals surface area contributed by atoms with Crippen LogP contribution in [0.5, 0.6) is 0 Å². The largest absolute Gasteiger partial charge is 0.517 e. The normalized spacial score (nSPS) is 24.4. The first-order chi connectivity index (χ1) is 13.5. The number of rotatable bonds is 4. The fraction of sp³-hybridized carbons (Fsp3) is 0.526. The van der Waals surface area contributed by atoms with E-state index in [2.05, 4.69) is 15.5 Å². The number of ether oxygens (including phenoxy) is 1. The summed E-state index contributed by atoms with van der Waals surface area (Å²) in [6.07, 6.45) is 1.66. The fourth-order valence-corrected chi connectivity index (χ4v) is 4.22. The van der Waals surface area contributed by atoms with E-state index in [1.54, 1.807) is 39.0 Å². The zero-order valence-corrected chi connectivity index (χ0v) is 17.8. The number of halogens is 1. The first-order valence-electron chi connectivity index (χ1n) is 9.45.